The molecule has 24 heavy (non-hydrogen) atoms. The Morgan fingerprint density at radius 3 is 2.33 bits per heavy atom. The maximum Gasteiger partial charge on any atom is 0.416 e. The van der Waals surface area contributed by atoms with Gasteiger partial charge < -0.3 is 0 Å². The molecule has 3 rings (SSSR count). The third kappa shape index (κ3) is 2.90. The Morgan fingerprint density at radius 1 is 1.08 bits per heavy atom. The summed E-state index contributed by atoms with van der Waals surface area (Å²) in [5.41, 5.74) is 0.477. The first-order valence-electron chi connectivity index (χ1n) is 6.93. The van der Waals surface area contributed by atoms with E-state index in [1.54, 1.807) is 24.4 Å². The van der Waals surface area contributed by atoms with Crippen molar-refractivity contribution in [2.75, 3.05) is 0 Å². The van der Waals surface area contributed by atoms with Crippen LogP contribution >= 0.6 is 0 Å². The van der Waals surface area contributed by atoms with Gasteiger partial charge in [0.2, 0.25) is 0 Å². The topological polar surface area (TPSA) is 60.7 Å². The van der Waals surface area contributed by atoms with Crippen molar-refractivity contribution >= 4 is 5.78 Å². The fraction of sp³-hybridized carbons (Fsp3) is 0.125. The van der Waals surface area contributed by atoms with Crippen LogP contribution in [0.15, 0.2) is 48.7 Å². The number of rotatable bonds is 3. The number of hydrogen-bond donors (Lipinski definition) is 0. The molecular formula is C16H11F3N4O. The van der Waals surface area contributed by atoms with E-state index in [-0.39, 0.29) is 11.5 Å². The van der Waals surface area contributed by atoms with Gasteiger partial charge in [-0.05, 0) is 36.4 Å². The lowest BCUT2D eigenvalue weighted by molar-refractivity contribution is -0.137. The van der Waals surface area contributed by atoms with E-state index in [0.717, 1.165) is 12.1 Å². The van der Waals surface area contributed by atoms with Gasteiger partial charge >= 0.3 is 6.18 Å². The monoisotopic (exact) mass is 332 g/mol. The van der Waals surface area contributed by atoms with Gasteiger partial charge in [-0.2, -0.15) is 13.2 Å². The molecule has 0 aliphatic carbocycles. The average molecular weight is 332 g/mol. The van der Waals surface area contributed by atoms with Gasteiger partial charge in [-0.15, -0.1) is 5.10 Å². The molecule has 8 heteroatoms. The highest BCUT2D eigenvalue weighted by Crippen LogP contribution is 2.30. The van der Waals surface area contributed by atoms with E-state index < -0.39 is 11.7 Å². The third-order valence-corrected chi connectivity index (χ3v) is 3.35. The summed E-state index contributed by atoms with van der Waals surface area (Å²) in [6.07, 6.45) is -2.88. The number of carbonyl (C=O) groups excluding carboxylic acids is 1. The number of aromatic nitrogens is 4. The quantitative estimate of drug-likeness (QED) is 0.688. The van der Waals surface area contributed by atoms with Gasteiger partial charge in [0.25, 0.3) is 0 Å². The molecular weight excluding hydrogens is 321 g/mol. The summed E-state index contributed by atoms with van der Waals surface area (Å²) < 4.78 is 39.4. The number of Topliss-reactive ketones (excluding diaryl/α,β-unsaturated/α-hetero) is 1. The van der Waals surface area contributed by atoms with Gasteiger partial charge in [-0.25, -0.2) is 4.68 Å². The fourth-order valence-electron chi connectivity index (χ4n) is 2.22. The SMILES string of the molecule is CC(=O)c1nnn(-c2ccc(C(F)(F)F)cc2)c1-c1ccccn1. The minimum Gasteiger partial charge on any atom is -0.293 e. The number of pyridine rings is 1. The Balaban J connectivity index is 2.14. The van der Waals surface area contributed by atoms with E-state index >= 15 is 0 Å². The molecule has 0 bridgehead atoms. The first-order chi connectivity index (χ1) is 11.4. The molecule has 3 aromatic rings. The van der Waals surface area contributed by atoms with Gasteiger partial charge in [-0.1, -0.05) is 11.3 Å². The zero-order chi connectivity index (χ0) is 17.3. The molecule has 0 unspecified atom stereocenters. The zero-order valence-electron chi connectivity index (χ0n) is 12.4. The largest absolute Gasteiger partial charge is 0.416 e. The first kappa shape index (κ1) is 15.9. The minimum atomic E-state index is -4.42. The first-order valence-corrected chi connectivity index (χ1v) is 6.93. The Labute approximate surface area is 134 Å². The molecule has 0 radical (unpaired) electrons. The van der Waals surface area contributed by atoms with Crippen molar-refractivity contribution in [1.29, 1.82) is 0 Å². The van der Waals surface area contributed by atoms with Crippen molar-refractivity contribution in [1.82, 2.24) is 20.0 Å². The molecule has 0 spiro atoms. The van der Waals surface area contributed by atoms with Crippen LogP contribution in [0.25, 0.3) is 17.1 Å². The lowest BCUT2D eigenvalue weighted by Gasteiger charge is -2.09. The summed E-state index contributed by atoms with van der Waals surface area (Å²) in [7, 11) is 0. The van der Waals surface area contributed by atoms with Crippen molar-refractivity contribution in [2.45, 2.75) is 13.1 Å². The molecule has 0 fully saturated rings. The highest BCUT2D eigenvalue weighted by atomic mass is 19.4. The number of alkyl halides is 3. The summed E-state index contributed by atoms with van der Waals surface area (Å²) >= 11 is 0. The van der Waals surface area contributed by atoms with Crippen LogP contribution < -0.4 is 0 Å². The van der Waals surface area contributed by atoms with Crippen molar-refractivity contribution < 1.29 is 18.0 Å². The zero-order valence-corrected chi connectivity index (χ0v) is 12.4. The van der Waals surface area contributed by atoms with Crippen LogP contribution in [0.5, 0.6) is 0 Å². The van der Waals surface area contributed by atoms with Crippen molar-refractivity contribution in [3.63, 3.8) is 0 Å². The van der Waals surface area contributed by atoms with Crippen LogP contribution in [-0.2, 0) is 6.18 Å². The molecule has 0 atom stereocenters. The summed E-state index contributed by atoms with van der Waals surface area (Å²) in [6.45, 7) is 1.34. The van der Waals surface area contributed by atoms with E-state index in [4.69, 9.17) is 0 Å². The predicted octanol–water partition coefficient (Wildman–Crippen LogP) is 3.55. The molecule has 1 aromatic carbocycles. The second-order valence-corrected chi connectivity index (χ2v) is 5.01. The van der Waals surface area contributed by atoms with Crippen LogP contribution in [0.1, 0.15) is 23.0 Å². The van der Waals surface area contributed by atoms with E-state index in [0.29, 0.717) is 17.1 Å². The van der Waals surface area contributed by atoms with Gasteiger partial charge in [0, 0.05) is 13.1 Å². The summed E-state index contributed by atoms with van der Waals surface area (Å²) in [4.78, 5) is 16.0. The van der Waals surface area contributed by atoms with Gasteiger partial charge in [0.1, 0.15) is 5.69 Å². The van der Waals surface area contributed by atoms with Crippen molar-refractivity contribution in [3.05, 3.63) is 59.9 Å². The van der Waals surface area contributed by atoms with Gasteiger partial charge in [0.05, 0.1) is 16.9 Å². The molecule has 0 saturated carbocycles. The molecule has 2 aromatic heterocycles. The number of ketones is 1. The summed E-state index contributed by atoms with van der Waals surface area (Å²) in [5, 5.41) is 7.74. The Morgan fingerprint density at radius 2 is 1.79 bits per heavy atom. The molecule has 0 amide bonds. The van der Waals surface area contributed by atoms with Gasteiger partial charge in [-0.3, -0.25) is 9.78 Å². The second kappa shape index (κ2) is 5.88. The highest BCUT2D eigenvalue weighted by Gasteiger charge is 2.30. The molecule has 0 saturated heterocycles. The second-order valence-electron chi connectivity index (χ2n) is 5.01. The summed E-state index contributed by atoms with van der Waals surface area (Å²) in [6, 6.07) is 9.56. The maximum absolute atomic E-state index is 12.7. The Hall–Kier alpha value is -3.03. The molecule has 0 aliphatic heterocycles. The van der Waals surface area contributed by atoms with Gasteiger partial charge in [0.15, 0.2) is 11.5 Å². The van der Waals surface area contributed by atoms with E-state index in [1.165, 1.54) is 23.7 Å². The number of carbonyl (C=O) groups is 1. The van der Waals surface area contributed by atoms with Crippen molar-refractivity contribution in [3.8, 4) is 17.1 Å². The van der Waals surface area contributed by atoms with Crippen LogP contribution in [-0.4, -0.2) is 25.8 Å². The average Bonchev–Trinajstić information content (AvgIpc) is 3.00. The fourth-order valence-corrected chi connectivity index (χ4v) is 2.22. The minimum absolute atomic E-state index is 0.105. The third-order valence-electron chi connectivity index (χ3n) is 3.35. The Kier molecular flexibility index (Phi) is 3.88. The van der Waals surface area contributed by atoms with Crippen LogP contribution in [0.3, 0.4) is 0 Å². The standard InChI is InChI=1S/C16H11F3N4O/c1-10(24)14-15(13-4-2-3-9-20-13)23(22-21-14)12-7-5-11(6-8-12)16(17,18)19/h2-9H,1H3. The maximum atomic E-state index is 12.7. The number of halogens is 3. The van der Waals surface area contributed by atoms with Crippen LogP contribution in [0.2, 0.25) is 0 Å². The van der Waals surface area contributed by atoms with Crippen molar-refractivity contribution in [2.24, 2.45) is 0 Å². The van der Waals surface area contributed by atoms with Crippen LogP contribution in [0.4, 0.5) is 13.2 Å². The molecule has 0 N–H and O–H groups in total. The van der Waals surface area contributed by atoms with Crippen LogP contribution in [0, 0.1) is 0 Å². The number of benzene rings is 1. The number of nitrogens with zero attached hydrogens (tertiary/aromatic N) is 4. The Bertz CT molecular complexity index is 871. The molecule has 5 nitrogen and oxygen atoms in total. The lowest BCUT2D eigenvalue weighted by Crippen LogP contribution is -2.06. The normalized spacial score (nSPS) is 11.5. The van der Waals surface area contributed by atoms with E-state index in [9.17, 15) is 18.0 Å². The van der Waals surface area contributed by atoms with E-state index in [2.05, 4.69) is 15.3 Å². The number of hydrogen-bond acceptors (Lipinski definition) is 4. The highest BCUT2D eigenvalue weighted by molar-refractivity contribution is 5.97. The molecule has 2 heterocycles. The predicted molar refractivity (Wildman–Crippen MR) is 79.6 cm³/mol. The molecule has 122 valence electrons. The lowest BCUT2D eigenvalue weighted by atomic mass is 10.1. The van der Waals surface area contributed by atoms with E-state index in [1.807, 2.05) is 0 Å². The smallest absolute Gasteiger partial charge is 0.293 e. The summed E-state index contributed by atoms with van der Waals surface area (Å²) in [5.74, 6) is -0.311. The molecule has 0 aliphatic rings.